The van der Waals surface area contributed by atoms with Crippen molar-refractivity contribution in [2.75, 3.05) is 18.4 Å². The van der Waals surface area contributed by atoms with E-state index in [1.807, 2.05) is 55.7 Å². The van der Waals surface area contributed by atoms with E-state index < -0.39 is 0 Å². The first-order chi connectivity index (χ1) is 14.7. The number of likely N-dealkylation sites (tertiary alicyclic amines) is 1. The second-order valence-electron chi connectivity index (χ2n) is 7.48. The molecule has 4 rings (SSSR count). The zero-order valence-corrected chi connectivity index (χ0v) is 17.0. The third-order valence-electron chi connectivity index (χ3n) is 5.17. The maximum absolute atomic E-state index is 12.6. The predicted octanol–water partition coefficient (Wildman–Crippen LogP) is 3.82. The SMILES string of the molecule is Cc1ncc(CN2CCC(C(=O)Nc3ccc(Oc4ccccc4)nc3)CC2)cn1. The highest BCUT2D eigenvalue weighted by Crippen LogP contribution is 2.23. The molecule has 7 heteroatoms. The number of nitrogens with zero attached hydrogens (tertiary/aromatic N) is 4. The van der Waals surface area contributed by atoms with Crippen LogP contribution in [-0.2, 0) is 11.3 Å². The Morgan fingerprint density at radius 1 is 1.03 bits per heavy atom. The number of para-hydroxylation sites is 1. The fourth-order valence-corrected chi connectivity index (χ4v) is 3.48. The number of amides is 1. The van der Waals surface area contributed by atoms with Crippen LogP contribution < -0.4 is 10.1 Å². The van der Waals surface area contributed by atoms with Gasteiger partial charge in [0.1, 0.15) is 11.6 Å². The van der Waals surface area contributed by atoms with Crippen LogP contribution in [0.1, 0.15) is 24.2 Å². The summed E-state index contributed by atoms with van der Waals surface area (Å²) in [5.41, 5.74) is 1.78. The highest BCUT2D eigenvalue weighted by molar-refractivity contribution is 5.92. The lowest BCUT2D eigenvalue weighted by molar-refractivity contribution is -0.121. The van der Waals surface area contributed by atoms with E-state index in [1.54, 1.807) is 12.3 Å². The number of ether oxygens (including phenoxy) is 1. The quantitative estimate of drug-likeness (QED) is 0.674. The van der Waals surface area contributed by atoms with E-state index in [-0.39, 0.29) is 11.8 Å². The van der Waals surface area contributed by atoms with Crippen molar-refractivity contribution in [3.63, 3.8) is 0 Å². The lowest BCUT2D eigenvalue weighted by Crippen LogP contribution is -2.37. The van der Waals surface area contributed by atoms with Crippen LogP contribution in [0.25, 0.3) is 0 Å². The molecule has 0 bridgehead atoms. The van der Waals surface area contributed by atoms with Gasteiger partial charge in [0.25, 0.3) is 0 Å². The topological polar surface area (TPSA) is 80.2 Å². The Labute approximate surface area is 176 Å². The Hall–Kier alpha value is -3.32. The third kappa shape index (κ3) is 5.39. The molecule has 154 valence electrons. The van der Waals surface area contributed by atoms with Crippen LogP contribution in [0.2, 0.25) is 0 Å². The Balaban J connectivity index is 1.25. The molecule has 30 heavy (non-hydrogen) atoms. The van der Waals surface area contributed by atoms with Crippen molar-refractivity contribution < 1.29 is 9.53 Å². The molecule has 1 aromatic carbocycles. The lowest BCUT2D eigenvalue weighted by atomic mass is 9.95. The summed E-state index contributed by atoms with van der Waals surface area (Å²) in [7, 11) is 0. The first-order valence-electron chi connectivity index (χ1n) is 10.2. The molecule has 2 aromatic heterocycles. The molecule has 1 saturated heterocycles. The second kappa shape index (κ2) is 9.45. The highest BCUT2D eigenvalue weighted by Gasteiger charge is 2.25. The summed E-state index contributed by atoms with van der Waals surface area (Å²) in [5.74, 6) is 2.06. The van der Waals surface area contributed by atoms with Crippen molar-refractivity contribution in [2.45, 2.75) is 26.3 Å². The van der Waals surface area contributed by atoms with Gasteiger partial charge in [0.2, 0.25) is 11.8 Å². The minimum absolute atomic E-state index is 0.00997. The van der Waals surface area contributed by atoms with Gasteiger partial charge in [0.15, 0.2) is 0 Å². The summed E-state index contributed by atoms with van der Waals surface area (Å²) in [4.78, 5) is 27.8. The summed E-state index contributed by atoms with van der Waals surface area (Å²) >= 11 is 0. The van der Waals surface area contributed by atoms with E-state index in [0.29, 0.717) is 11.6 Å². The van der Waals surface area contributed by atoms with Gasteiger partial charge < -0.3 is 10.1 Å². The molecule has 1 amide bonds. The Kier molecular flexibility index (Phi) is 6.29. The molecular weight excluding hydrogens is 378 g/mol. The van der Waals surface area contributed by atoms with Gasteiger partial charge >= 0.3 is 0 Å². The van der Waals surface area contributed by atoms with E-state index >= 15 is 0 Å². The zero-order valence-electron chi connectivity index (χ0n) is 17.0. The molecule has 1 N–H and O–H groups in total. The maximum atomic E-state index is 12.6. The highest BCUT2D eigenvalue weighted by atomic mass is 16.5. The number of carbonyl (C=O) groups is 1. The molecule has 0 radical (unpaired) electrons. The van der Waals surface area contributed by atoms with Crippen molar-refractivity contribution in [3.8, 4) is 11.6 Å². The summed E-state index contributed by atoms with van der Waals surface area (Å²) in [6, 6.07) is 13.1. The monoisotopic (exact) mass is 403 g/mol. The number of hydrogen-bond acceptors (Lipinski definition) is 6. The molecule has 3 heterocycles. The van der Waals surface area contributed by atoms with E-state index in [0.717, 1.165) is 49.6 Å². The van der Waals surface area contributed by atoms with Crippen LogP contribution in [-0.4, -0.2) is 38.8 Å². The molecular formula is C23H25N5O2. The van der Waals surface area contributed by atoms with Gasteiger partial charge in [0, 0.05) is 36.5 Å². The van der Waals surface area contributed by atoms with Crippen LogP contribution in [0.4, 0.5) is 5.69 Å². The molecule has 7 nitrogen and oxygen atoms in total. The molecule has 3 aromatic rings. The molecule has 1 fully saturated rings. The van der Waals surface area contributed by atoms with Crippen LogP contribution >= 0.6 is 0 Å². The summed E-state index contributed by atoms with van der Waals surface area (Å²) in [6.07, 6.45) is 7.05. The Morgan fingerprint density at radius 3 is 2.43 bits per heavy atom. The number of aromatic nitrogens is 3. The molecule has 0 atom stereocenters. The van der Waals surface area contributed by atoms with Gasteiger partial charge in [0.05, 0.1) is 11.9 Å². The van der Waals surface area contributed by atoms with Crippen LogP contribution in [0.3, 0.4) is 0 Å². The number of pyridine rings is 1. The normalized spacial score (nSPS) is 15.0. The minimum Gasteiger partial charge on any atom is -0.439 e. The first kappa shape index (κ1) is 20.0. The summed E-state index contributed by atoms with van der Waals surface area (Å²) < 4.78 is 5.68. The maximum Gasteiger partial charge on any atom is 0.227 e. The zero-order chi connectivity index (χ0) is 20.8. The Bertz CT molecular complexity index is 953. The molecule has 0 saturated carbocycles. The van der Waals surface area contributed by atoms with Gasteiger partial charge in [-0.25, -0.2) is 15.0 Å². The van der Waals surface area contributed by atoms with Crippen molar-refractivity contribution >= 4 is 11.6 Å². The van der Waals surface area contributed by atoms with Crippen LogP contribution in [0.5, 0.6) is 11.6 Å². The van der Waals surface area contributed by atoms with E-state index in [1.165, 1.54) is 0 Å². The van der Waals surface area contributed by atoms with Crippen LogP contribution in [0, 0.1) is 12.8 Å². The van der Waals surface area contributed by atoms with E-state index in [9.17, 15) is 4.79 Å². The fourth-order valence-electron chi connectivity index (χ4n) is 3.48. The minimum atomic E-state index is 0.00997. The lowest BCUT2D eigenvalue weighted by Gasteiger charge is -2.31. The first-order valence-corrected chi connectivity index (χ1v) is 10.2. The van der Waals surface area contributed by atoms with Crippen molar-refractivity contribution in [1.82, 2.24) is 19.9 Å². The summed E-state index contributed by atoms with van der Waals surface area (Å²) in [5, 5.41) is 2.98. The molecule has 1 aliphatic rings. The third-order valence-corrected chi connectivity index (χ3v) is 5.17. The smallest absolute Gasteiger partial charge is 0.227 e. The number of aryl methyl sites for hydroxylation is 1. The number of hydrogen-bond donors (Lipinski definition) is 1. The molecule has 0 spiro atoms. The molecule has 0 aliphatic carbocycles. The van der Waals surface area contributed by atoms with Gasteiger partial charge in [-0.05, 0) is 51.1 Å². The predicted molar refractivity (Wildman–Crippen MR) is 114 cm³/mol. The second-order valence-corrected chi connectivity index (χ2v) is 7.48. The number of nitrogens with one attached hydrogen (secondary N) is 1. The molecule has 0 unspecified atom stereocenters. The number of anilines is 1. The number of piperidine rings is 1. The number of benzene rings is 1. The van der Waals surface area contributed by atoms with Gasteiger partial charge in [-0.2, -0.15) is 0 Å². The average Bonchev–Trinajstić information content (AvgIpc) is 2.78. The van der Waals surface area contributed by atoms with Crippen LogP contribution in [0.15, 0.2) is 61.1 Å². The largest absolute Gasteiger partial charge is 0.439 e. The van der Waals surface area contributed by atoms with E-state index in [4.69, 9.17) is 4.74 Å². The van der Waals surface area contributed by atoms with Gasteiger partial charge in [-0.3, -0.25) is 9.69 Å². The van der Waals surface area contributed by atoms with Gasteiger partial charge in [-0.15, -0.1) is 0 Å². The van der Waals surface area contributed by atoms with Crippen molar-refractivity contribution in [1.29, 1.82) is 0 Å². The summed E-state index contributed by atoms with van der Waals surface area (Å²) in [6.45, 7) is 4.47. The fraction of sp³-hybridized carbons (Fsp3) is 0.304. The Morgan fingerprint density at radius 2 is 1.77 bits per heavy atom. The average molecular weight is 403 g/mol. The molecule has 1 aliphatic heterocycles. The van der Waals surface area contributed by atoms with Crippen molar-refractivity contribution in [3.05, 3.63) is 72.4 Å². The van der Waals surface area contributed by atoms with Crippen molar-refractivity contribution in [2.24, 2.45) is 5.92 Å². The standard InChI is InChI=1S/C23H25N5O2/c1-17-24-13-18(14-25-17)16-28-11-9-19(10-12-28)23(29)27-20-7-8-22(26-15-20)30-21-5-3-2-4-6-21/h2-8,13-15,19H,9-12,16H2,1H3,(H,27,29). The number of rotatable bonds is 6. The van der Waals surface area contributed by atoms with Gasteiger partial charge in [-0.1, -0.05) is 18.2 Å². The number of carbonyl (C=O) groups excluding carboxylic acids is 1. The van der Waals surface area contributed by atoms with E-state index in [2.05, 4.69) is 25.2 Å².